The van der Waals surface area contributed by atoms with Crippen molar-refractivity contribution >= 4 is 33.4 Å². The van der Waals surface area contributed by atoms with E-state index < -0.39 is 5.82 Å². The highest BCUT2D eigenvalue weighted by Crippen LogP contribution is 2.25. The van der Waals surface area contributed by atoms with Crippen LogP contribution in [0, 0.1) is 12.7 Å². The van der Waals surface area contributed by atoms with Crippen molar-refractivity contribution in [2.24, 2.45) is 0 Å². The summed E-state index contributed by atoms with van der Waals surface area (Å²) in [4.78, 5) is 35.6. The Hall–Kier alpha value is -3.79. The van der Waals surface area contributed by atoms with Crippen molar-refractivity contribution in [2.45, 2.75) is 13.5 Å². The van der Waals surface area contributed by atoms with Crippen LogP contribution in [0.1, 0.15) is 21.7 Å². The summed E-state index contributed by atoms with van der Waals surface area (Å²) in [5.74, 6) is -0.616. The summed E-state index contributed by atoms with van der Waals surface area (Å²) in [5.41, 5.74) is 3.12. The number of halogens is 1. The third-order valence-electron chi connectivity index (χ3n) is 6.24. The molecule has 33 heavy (non-hydrogen) atoms. The van der Waals surface area contributed by atoms with Crippen LogP contribution in [-0.2, 0) is 6.54 Å². The first-order valence-electron chi connectivity index (χ1n) is 10.8. The van der Waals surface area contributed by atoms with E-state index in [2.05, 4.69) is 35.3 Å². The number of fused-ring (bicyclic) bond motifs is 3. The fourth-order valence-corrected chi connectivity index (χ4v) is 4.45. The predicted molar refractivity (Wildman–Crippen MR) is 124 cm³/mol. The molecular weight excluding hydrogens is 425 g/mol. The summed E-state index contributed by atoms with van der Waals surface area (Å²) in [6.45, 7) is 5.39. The first-order valence-corrected chi connectivity index (χ1v) is 10.8. The van der Waals surface area contributed by atoms with Crippen LogP contribution in [-0.4, -0.2) is 64.2 Å². The zero-order chi connectivity index (χ0) is 23.1. The molecule has 3 aromatic heterocycles. The van der Waals surface area contributed by atoms with Gasteiger partial charge in [0.1, 0.15) is 5.69 Å². The monoisotopic (exact) mass is 449 g/mol. The molecule has 0 saturated carbocycles. The van der Waals surface area contributed by atoms with Crippen molar-refractivity contribution in [3.63, 3.8) is 0 Å². The SMILES string of the molecule is CNC(=O)c1ccc(N2CCN(Cc3ccc4c([nH]c(=O)c5cn[nH]c54)c3F)CC2)c(C)n1. The van der Waals surface area contributed by atoms with Crippen molar-refractivity contribution in [3.8, 4) is 0 Å². The number of aromatic nitrogens is 4. The molecule has 10 heteroatoms. The molecule has 9 nitrogen and oxygen atoms in total. The largest absolute Gasteiger partial charge is 0.368 e. The number of benzene rings is 1. The predicted octanol–water partition coefficient (Wildman–Crippen LogP) is 1.93. The molecule has 1 amide bonds. The minimum atomic E-state index is -0.409. The molecule has 0 spiro atoms. The van der Waals surface area contributed by atoms with E-state index >= 15 is 4.39 Å². The van der Waals surface area contributed by atoms with Gasteiger partial charge in [-0.25, -0.2) is 9.37 Å². The van der Waals surface area contributed by atoms with Crippen molar-refractivity contribution in [2.75, 3.05) is 38.1 Å². The Morgan fingerprint density at radius 2 is 1.91 bits per heavy atom. The Morgan fingerprint density at radius 1 is 1.12 bits per heavy atom. The molecule has 4 aromatic rings. The first-order chi connectivity index (χ1) is 16.0. The lowest BCUT2D eigenvalue weighted by Gasteiger charge is -2.36. The zero-order valence-electron chi connectivity index (χ0n) is 18.4. The number of pyridine rings is 2. The highest BCUT2D eigenvalue weighted by molar-refractivity contribution is 6.02. The van der Waals surface area contributed by atoms with E-state index in [9.17, 15) is 9.59 Å². The van der Waals surface area contributed by atoms with Gasteiger partial charge in [0.15, 0.2) is 5.82 Å². The van der Waals surface area contributed by atoms with Crippen LogP contribution < -0.4 is 15.8 Å². The van der Waals surface area contributed by atoms with Gasteiger partial charge < -0.3 is 15.2 Å². The highest BCUT2D eigenvalue weighted by atomic mass is 19.1. The number of rotatable bonds is 4. The van der Waals surface area contributed by atoms with Gasteiger partial charge in [-0.05, 0) is 19.1 Å². The fraction of sp³-hybridized carbons (Fsp3) is 0.304. The molecule has 5 rings (SSSR count). The van der Waals surface area contributed by atoms with E-state index in [1.54, 1.807) is 19.2 Å². The molecule has 4 heterocycles. The molecular formula is C23H24FN7O2. The number of aromatic amines is 2. The summed E-state index contributed by atoms with van der Waals surface area (Å²) < 4.78 is 15.3. The number of carbonyl (C=O) groups is 1. The maximum absolute atomic E-state index is 15.3. The van der Waals surface area contributed by atoms with Crippen LogP contribution >= 0.6 is 0 Å². The summed E-state index contributed by atoms with van der Waals surface area (Å²) >= 11 is 0. The van der Waals surface area contributed by atoms with Crippen LogP contribution in [0.25, 0.3) is 21.8 Å². The normalized spacial score (nSPS) is 14.8. The topological polar surface area (TPSA) is 110 Å². The van der Waals surface area contributed by atoms with Gasteiger partial charge >= 0.3 is 0 Å². The van der Waals surface area contributed by atoms with Crippen molar-refractivity contribution in [1.29, 1.82) is 0 Å². The molecule has 1 aliphatic rings. The van der Waals surface area contributed by atoms with Crippen LogP contribution in [0.2, 0.25) is 0 Å². The second-order valence-corrected chi connectivity index (χ2v) is 8.22. The fourth-order valence-electron chi connectivity index (χ4n) is 4.45. The maximum Gasteiger partial charge on any atom is 0.269 e. The number of piperazine rings is 1. The Morgan fingerprint density at radius 3 is 2.64 bits per heavy atom. The van der Waals surface area contributed by atoms with Crippen LogP contribution in [0.4, 0.5) is 10.1 Å². The molecule has 170 valence electrons. The van der Waals surface area contributed by atoms with Gasteiger partial charge in [-0.1, -0.05) is 12.1 Å². The third-order valence-corrected chi connectivity index (χ3v) is 6.24. The number of hydrogen-bond acceptors (Lipinski definition) is 6. The molecule has 1 aliphatic heterocycles. The Labute approximate surface area is 188 Å². The van der Waals surface area contributed by atoms with E-state index in [0.717, 1.165) is 37.6 Å². The van der Waals surface area contributed by atoms with E-state index in [0.29, 0.717) is 34.1 Å². The quantitative estimate of drug-likeness (QED) is 0.439. The number of nitrogens with zero attached hydrogens (tertiary/aromatic N) is 4. The lowest BCUT2D eigenvalue weighted by atomic mass is 10.1. The van der Waals surface area contributed by atoms with E-state index in [1.807, 2.05) is 19.1 Å². The minimum absolute atomic E-state index is 0.200. The van der Waals surface area contributed by atoms with Gasteiger partial charge in [-0.3, -0.25) is 19.6 Å². The minimum Gasteiger partial charge on any atom is -0.368 e. The summed E-state index contributed by atoms with van der Waals surface area (Å²) in [7, 11) is 1.58. The molecule has 1 saturated heterocycles. The molecule has 3 N–H and O–H groups in total. The molecule has 1 aromatic carbocycles. The van der Waals surface area contributed by atoms with Crippen molar-refractivity contribution in [1.82, 2.24) is 30.4 Å². The Bertz CT molecular complexity index is 1420. The number of H-pyrrole nitrogens is 2. The molecule has 0 radical (unpaired) electrons. The van der Waals surface area contributed by atoms with Gasteiger partial charge in [-0.15, -0.1) is 0 Å². The van der Waals surface area contributed by atoms with Gasteiger partial charge in [0.05, 0.1) is 34.0 Å². The lowest BCUT2D eigenvalue weighted by molar-refractivity contribution is 0.0958. The van der Waals surface area contributed by atoms with Crippen molar-refractivity contribution in [3.05, 3.63) is 63.6 Å². The Kier molecular flexibility index (Phi) is 5.29. The van der Waals surface area contributed by atoms with E-state index in [-0.39, 0.29) is 17.0 Å². The maximum atomic E-state index is 15.3. The molecule has 1 fully saturated rings. The average molecular weight is 449 g/mol. The summed E-state index contributed by atoms with van der Waals surface area (Å²) in [6.07, 6.45) is 1.45. The molecule has 0 atom stereocenters. The number of aryl methyl sites for hydroxylation is 1. The van der Waals surface area contributed by atoms with Crippen LogP contribution in [0.5, 0.6) is 0 Å². The van der Waals surface area contributed by atoms with E-state index in [4.69, 9.17) is 0 Å². The number of nitrogens with one attached hydrogen (secondary N) is 3. The third kappa shape index (κ3) is 3.72. The standard InChI is InChI=1S/C23H24FN7O2/c1-13-18(6-5-17(27-13)23(33)25-2)31-9-7-30(8-10-31)12-14-3-4-15-20-16(11-26-29-20)22(32)28-21(15)19(14)24/h3-6,11H,7-10,12H2,1-2H3,(H,25,33)(H,26,29)(H,28,32). The number of amides is 1. The van der Waals surface area contributed by atoms with E-state index in [1.165, 1.54) is 6.20 Å². The Balaban J connectivity index is 1.31. The van der Waals surface area contributed by atoms with Gasteiger partial charge in [-0.2, -0.15) is 5.10 Å². The first kappa shape index (κ1) is 21.1. The molecule has 0 aliphatic carbocycles. The van der Waals surface area contributed by atoms with Gasteiger partial charge in [0.25, 0.3) is 11.5 Å². The second-order valence-electron chi connectivity index (χ2n) is 8.22. The molecule has 0 unspecified atom stereocenters. The van der Waals surface area contributed by atoms with Gasteiger partial charge in [0.2, 0.25) is 0 Å². The average Bonchev–Trinajstić information content (AvgIpc) is 3.32. The van der Waals surface area contributed by atoms with Gasteiger partial charge in [0, 0.05) is 50.7 Å². The van der Waals surface area contributed by atoms with Crippen LogP contribution in [0.15, 0.2) is 35.3 Å². The number of carbonyl (C=O) groups excluding carboxylic acids is 1. The highest BCUT2D eigenvalue weighted by Gasteiger charge is 2.22. The van der Waals surface area contributed by atoms with Crippen LogP contribution in [0.3, 0.4) is 0 Å². The van der Waals surface area contributed by atoms with Crippen molar-refractivity contribution < 1.29 is 9.18 Å². The summed E-state index contributed by atoms with van der Waals surface area (Å²) in [5, 5.41) is 10.3. The zero-order valence-corrected chi connectivity index (χ0v) is 18.4. The smallest absolute Gasteiger partial charge is 0.269 e. The number of hydrogen-bond donors (Lipinski definition) is 3. The second kappa shape index (κ2) is 8.28. The lowest BCUT2D eigenvalue weighted by Crippen LogP contribution is -2.46. The number of anilines is 1. The molecule has 0 bridgehead atoms. The summed E-state index contributed by atoms with van der Waals surface area (Å²) in [6, 6.07) is 7.26.